The normalized spacial score (nSPS) is 20.7. The van der Waals surface area contributed by atoms with Crippen LogP contribution in [0.2, 0.25) is 0 Å². The third-order valence-corrected chi connectivity index (χ3v) is 5.61. The lowest BCUT2D eigenvalue weighted by Crippen LogP contribution is -2.43. The Kier molecular flexibility index (Phi) is 5.11. The largest absolute Gasteiger partial charge is 0.468 e. The minimum Gasteiger partial charge on any atom is -0.468 e. The molecule has 3 heterocycles. The molecule has 0 aromatic carbocycles. The highest BCUT2D eigenvalue weighted by Gasteiger charge is 2.29. The van der Waals surface area contributed by atoms with Gasteiger partial charge in [0.25, 0.3) is 0 Å². The van der Waals surface area contributed by atoms with Crippen LogP contribution in [0.15, 0.2) is 27.3 Å². The van der Waals surface area contributed by atoms with Crippen molar-refractivity contribution in [2.75, 3.05) is 20.1 Å². The molecule has 0 radical (unpaired) electrons. The molecule has 2 aromatic rings. The van der Waals surface area contributed by atoms with Crippen molar-refractivity contribution < 1.29 is 13.7 Å². The summed E-state index contributed by atoms with van der Waals surface area (Å²) in [7, 11) is 1.89. The van der Waals surface area contributed by atoms with Gasteiger partial charge in [0.2, 0.25) is 5.91 Å². The van der Waals surface area contributed by atoms with Crippen LogP contribution in [0.1, 0.15) is 48.5 Å². The second-order valence-electron chi connectivity index (χ2n) is 7.59. The molecule has 4 rings (SSSR count). The number of aryl methyl sites for hydroxylation is 1. The predicted molar refractivity (Wildman–Crippen MR) is 96.3 cm³/mol. The van der Waals surface area contributed by atoms with Crippen molar-refractivity contribution >= 4 is 5.91 Å². The van der Waals surface area contributed by atoms with E-state index in [1.165, 1.54) is 18.4 Å². The second-order valence-corrected chi connectivity index (χ2v) is 7.59. The van der Waals surface area contributed by atoms with E-state index >= 15 is 0 Å². The van der Waals surface area contributed by atoms with E-state index in [0.29, 0.717) is 6.54 Å². The molecule has 0 spiro atoms. The minimum atomic E-state index is 0.0476. The lowest BCUT2D eigenvalue weighted by molar-refractivity contribution is -0.136. The summed E-state index contributed by atoms with van der Waals surface area (Å²) in [5, 5.41) is 4.24. The molecule has 0 N–H and O–H groups in total. The lowest BCUT2D eigenvalue weighted by atomic mass is 9.95. The van der Waals surface area contributed by atoms with Gasteiger partial charge in [-0.2, -0.15) is 0 Å². The third kappa shape index (κ3) is 3.70. The Balaban J connectivity index is 1.36. The molecule has 1 atom stereocenters. The monoisotopic (exact) mass is 357 g/mol. The molecular formula is C20H27N3O3. The summed E-state index contributed by atoms with van der Waals surface area (Å²) in [6.07, 6.45) is 8.06. The van der Waals surface area contributed by atoms with Crippen LogP contribution in [0.25, 0.3) is 0 Å². The molecule has 0 bridgehead atoms. The first-order chi connectivity index (χ1) is 12.7. The predicted octanol–water partition coefficient (Wildman–Crippen LogP) is 3.02. The summed E-state index contributed by atoms with van der Waals surface area (Å²) in [6.45, 7) is 3.13. The molecule has 0 saturated carbocycles. The first-order valence-corrected chi connectivity index (χ1v) is 9.66. The van der Waals surface area contributed by atoms with Gasteiger partial charge in [-0.1, -0.05) is 5.16 Å². The van der Waals surface area contributed by atoms with Gasteiger partial charge in [-0.25, -0.2) is 0 Å². The quantitative estimate of drug-likeness (QED) is 0.823. The molecule has 1 fully saturated rings. The van der Waals surface area contributed by atoms with E-state index in [1.54, 1.807) is 6.26 Å². The Morgan fingerprint density at radius 3 is 3.08 bits per heavy atom. The fourth-order valence-electron chi connectivity index (χ4n) is 4.21. The molecule has 2 aliphatic rings. The first-order valence-electron chi connectivity index (χ1n) is 9.66. The lowest BCUT2D eigenvalue weighted by Gasteiger charge is -2.33. The van der Waals surface area contributed by atoms with Gasteiger partial charge in [0, 0.05) is 25.6 Å². The van der Waals surface area contributed by atoms with Crippen LogP contribution in [-0.4, -0.2) is 41.0 Å². The summed E-state index contributed by atoms with van der Waals surface area (Å²) in [4.78, 5) is 17.1. The summed E-state index contributed by atoms with van der Waals surface area (Å²) in [5.41, 5.74) is 2.18. The smallest absolute Gasteiger partial charge is 0.227 e. The SMILES string of the molecule is CN(Cc1noc2c1CCCC2)C(=O)[C@H]1CCCN(Cc2ccco2)C1. The van der Waals surface area contributed by atoms with E-state index in [4.69, 9.17) is 8.94 Å². The molecule has 26 heavy (non-hydrogen) atoms. The molecule has 6 heteroatoms. The van der Waals surface area contributed by atoms with Gasteiger partial charge in [-0.3, -0.25) is 9.69 Å². The highest BCUT2D eigenvalue weighted by atomic mass is 16.5. The number of hydrogen-bond donors (Lipinski definition) is 0. The number of fused-ring (bicyclic) bond motifs is 1. The van der Waals surface area contributed by atoms with Crippen molar-refractivity contribution in [2.24, 2.45) is 5.92 Å². The Morgan fingerprint density at radius 2 is 2.23 bits per heavy atom. The van der Waals surface area contributed by atoms with E-state index in [2.05, 4.69) is 10.1 Å². The fourth-order valence-corrected chi connectivity index (χ4v) is 4.21. The average Bonchev–Trinajstić information content (AvgIpc) is 3.32. The molecule has 1 aliphatic heterocycles. The van der Waals surface area contributed by atoms with Crippen molar-refractivity contribution in [3.63, 3.8) is 0 Å². The standard InChI is InChI=1S/C20H27N3O3/c1-22(14-18-17-8-2-3-9-19(17)26-21-18)20(24)15-6-4-10-23(12-15)13-16-7-5-11-25-16/h5,7,11,15H,2-4,6,8-10,12-14H2,1H3/t15-/m0/s1. The number of furan rings is 1. The highest BCUT2D eigenvalue weighted by Crippen LogP contribution is 2.26. The van der Waals surface area contributed by atoms with Gasteiger partial charge < -0.3 is 13.8 Å². The van der Waals surface area contributed by atoms with E-state index in [9.17, 15) is 4.79 Å². The van der Waals surface area contributed by atoms with Crippen LogP contribution in [0.4, 0.5) is 0 Å². The maximum Gasteiger partial charge on any atom is 0.227 e. The Hall–Kier alpha value is -2.08. The summed E-state index contributed by atoms with van der Waals surface area (Å²) in [6, 6.07) is 3.90. The molecule has 0 unspecified atom stereocenters. The molecule has 1 aliphatic carbocycles. The number of nitrogens with zero attached hydrogens (tertiary/aromatic N) is 3. The van der Waals surface area contributed by atoms with Gasteiger partial charge in [-0.15, -0.1) is 0 Å². The van der Waals surface area contributed by atoms with Gasteiger partial charge in [0.05, 0.1) is 25.3 Å². The molecule has 1 amide bonds. The van der Waals surface area contributed by atoms with Gasteiger partial charge in [0.1, 0.15) is 17.2 Å². The zero-order chi connectivity index (χ0) is 17.9. The van der Waals surface area contributed by atoms with E-state index in [0.717, 1.165) is 62.5 Å². The minimum absolute atomic E-state index is 0.0476. The van der Waals surface area contributed by atoms with Crippen molar-refractivity contribution in [1.82, 2.24) is 15.0 Å². The van der Waals surface area contributed by atoms with Gasteiger partial charge in [0.15, 0.2) is 0 Å². The molecule has 140 valence electrons. The zero-order valence-electron chi connectivity index (χ0n) is 15.4. The number of aromatic nitrogens is 1. The summed E-state index contributed by atoms with van der Waals surface area (Å²) in [5.74, 6) is 2.24. The van der Waals surface area contributed by atoms with Crippen LogP contribution >= 0.6 is 0 Å². The average molecular weight is 357 g/mol. The number of carbonyl (C=O) groups is 1. The molecular weight excluding hydrogens is 330 g/mol. The number of amides is 1. The maximum atomic E-state index is 13.0. The number of piperidine rings is 1. The summed E-state index contributed by atoms with van der Waals surface area (Å²) >= 11 is 0. The number of carbonyl (C=O) groups excluding carboxylic acids is 1. The van der Waals surface area contributed by atoms with E-state index in [1.807, 2.05) is 24.1 Å². The van der Waals surface area contributed by atoms with Crippen LogP contribution < -0.4 is 0 Å². The van der Waals surface area contributed by atoms with Crippen LogP contribution in [0, 0.1) is 5.92 Å². The highest BCUT2D eigenvalue weighted by molar-refractivity contribution is 5.78. The molecule has 2 aromatic heterocycles. The number of hydrogen-bond acceptors (Lipinski definition) is 5. The van der Waals surface area contributed by atoms with Gasteiger partial charge in [-0.05, 0) is 50.8 Å². The van der Waals surface area contributed by atoms with Crippen LogP contribution in [0.5, 0.6) is 0 Å². The Bertz CT molecular complexity index is 738. The zero-order valence-corrected chi connectivity index (χ0v) is 15.4. The fraction of sp³-hybridized carbons (Fsp3) is 0.600. The van der Waals surface area contributed by atoms with Crippen molar-refractivity contribution in [2.45, 2.75) is 51.6 Å². The molecule has 1 saturated heterocycles. The number of rotatable bonds is 5. The van der Waals surface area contributed by atoms with Crippen LogP contribution in [-0.2, 0) is 30.7 Å². The number of likely N-dealkylation sites (tertiary alicyclic amines) is 1. The summed E-state index contributed by atoms with van der Waals surface area (Å²) < 4.78 is 10.9. The van der Waals surface area contributed by atoms with E-state index < -0.39 is 0 Å². The van der Waals surface area contributed by atoms with Crippen molar-refractivity contribution in [1.29, 1.82) is 0 Å². The van der Waals surface area contributed by atoms with Crippen LogP contribution in [0.3, 0.4) is 0 Å². The third-order valence-electron chi connectivity index (χ3n) is 5.61. The Labute approximate surface area is 154 Å². The second kappa shape index (κ2) is 7.66. The van der Waals surface area contributed by atoms with Gasteiger partial charge >= 0.3 is 0 Å². The molecule has 6 nitrogen and oxygen atoms in total. The first kappa shape index (κ1) is 17.3. The maximum absolute atomic E-state index is 13.0. The van der Waals surface area contributed by atoms with Crippen molar-refractivity contribution in [3.05, 3.63) is 41.2 Å². The van der Waals surface area contributed by atoms with E-state index in [-0.39, 0.29) is 11.8 Å². The topological polar surface area (TPSA) is 62.7 Å². The van der Waals surface area contributed by atoms with Crippen molar-refractivity contribution in [3.8, 4) is 0 Å². The Morgan fingerprint density at radius 1 is 1.35 bits per heavy atom.